The van der Waals surface area contributed by atoms with Gasteiger partial charge in [-0.1, -0.05) is 42.0 Å². The van der Waals surface area contributed by atoms with Crippen molar-refractivity contribution in [1.82, 2.24) is 5.32 Å². The quantitative estimate of drug-likeness (QED) is 0.846. The molecule has 0 saturated carbocycles. The molecule has 3 heteroatoms. The fourth-order valence-electron chi connectivity index (χ4n) is 1.82. The molecule has 0 aliphatic heterocycles. The van der Waals surface area contributed by atoms with Crippen LogP contribution in [0.4, 0.5) is 4.39 Å². The molecule has 0 bridgehead atoms. The highest BCUT2D eigenvalue weighted by Gasteiger charge is 1.97. The summed E-state index contributed by atoms with van der Waals surface area (Å²) < 4.78 is 12.7. The van der Waals surface area contributed by atoms with E-state index in [1.165, 1.54) is 23.8 Å². The van der Waals surface area contributed by atoms with Gasteiger partial charge in [0.05, 0.1) is 0 Å². The molecule has 0 saturated heterocycles. The summed E-state index contributed by atoms with van der Waals surface area (Å²) in [6.07, 6.45) is 3.11. The molecular formula is C17H16FNO. The van der Waals surface area contributed by atoms with Gasteiger partial charge in [0.15, 0.2) is 0 Å². The van der Waals surface area contributed by atoms with Crippen LogP contribution in [0.2, 0.25) is 0 Å². The maximum atomic E-state index is 12.7. The third-order valence-corrected chi connectivity index (χ3v) is 2.85. The minimum Gasteiger partial charge on any atom is -0.348 e. The van der Waals surface area contributed by atoms with Gasteiger partial charge < -0.3 is 5.32 Å². The first-order valence-electron chi connectivity index (χ1n) is 6.40. The van der Waals surface area contributed by atoms with Gasteiger partial charge in [-0.2, -0.15) is 0 Å². The van der Waals surface area contributed by atoms with Gasteiger partial charge in [-0.05, 0) is 36.3 Å². The lowest BCUT2D eigenvalue weighted by Gasteiger charge is -2.03. The molecule has 20 heavy (non-hydrogen) atoms. The zero-order valence-electron chi connectivity index (χ0n) is 11.3. The molecule has 0 heterocycles. The number of hydrogen-bond acceptors (Lipinski definition) is 1. The van der Waals surface area contributed by atoms with Gasteiger partial charge in [0.1, 0.15) is 5.82 Å². The summed E-state index contributed by atoms with van der Waals surface area (Å²) in [5, 5.41) is 2.81. The summed E-state index contributed by atoms with van der Waals surface area (Å²) in [5.41, 5.74) is 3.02. The topological polar surface area (TPSA) is 29.1 Å². The van der Waals surface area contributed by atoms with E-state index in [2.05, 4.69) is 5.32 Å². The van der Waals surface area contributed by atoms with E-state index in [1.54, 1.807) is 18.2 Å². The van der Waals surface area contributed by atoms with E-state index < -0.39 is 0 Å². The molecule has 102 valence electrons. The number of carbonyl (C=O) groups excluding carboxylic acids is 1. The van der Waals surface area contributed by atoms with Crippen LogP contribution in [-0.4, -0.2) is 5.91 Å². The number of amides is 1. The van der Waals surface area contributed by atoms with Gasteiger partial charge >= 0.3 is 0 Å². The van der Waals surface area contributed by atoms with Gasteiger partial charge in [-0.25, -0.2) is 4.39 Å². The Labute approximate surface area is 118 Å². The van der Waals surface area contributed by atoms with Crippen LogP contribution < -0.4 is 5.32 Å². The first kappa shape index (κ1) is 14.0. The number of carbonyl (C=O) groups is 1. The van der Waals surface area contributed by atoms with Crippen molar-refractivity contribution in [2.24, 2.45) is 0 Å². The van der Waals surface area contributed by atoms with E-state index in [0.717, 1.165) is 11.1 Å². The van der Waals surface area contributed by atoms with Crippen molar-refractivity contribution in [1.29, 1.82) is 0 Å². The third-order valence-electron chi connectivity index (χ3n) is 2.85. The van der Waals surface area contributed by atoms with Crippen LogP contribution in [0.1, 0.15) is 16.7 Å². The lowest BCUT2D eigenvalue weighted by molar-refractivity contribution is -0.116. The summed E-state index contributed by atoms with van der Waals surface area (Å²) in [6.45, 7) is 2.51. The average molecular weight is 269 g/mol. The molecular weight excluding hydrogens is 253 g/mol. The number of nitrogens with one attached hydrogen (secondary N) is 1. The maximum absolute atomic E-state index is 12.7. The highest BCUT2D eigenvalue weighted by atomic mass is 19.1. The molecule has 0 fully saturated rings. The highest BCUT2D eigenvalue weighted by Crippen LogP contribution is 2.05. The Bertz CT molecular complexity index is 617. The first-order valence-corrected chi connectivity index (χ1v) is 6.40. The number of rotatable bonds is 4. The normalized spacial score (nSPS) is 10.7. The molecule has 0 aromatic heterocycles. The fourth-order valence-corrected chi connectivity index (χ4v) is 1.82. The van der Waals surface area contributed by atoms with Crippen LogP contribution in [0, 0.1) is 12.7 Å². The summed E-state index contributed by atoms with van der Waals surface area (Å²) in [5.74, 6) is -0.457. The molecule has 2 aromatic carbocycles. The minimum absolute atomic E-state index is 0.171. The second-order valence-electron chi connectivity index (χ2n) is 4.59. The van der Waals surface area contributed by atoms with Gasteiger partial charge in [-0.15, -0.1) is 0 Å². The smallest absolute Gasteiger partial charge is 0.244 e. The second-order valence-corrected chi connectivity index (χ2v) is 4.59. The molecule has 0 aliphatic carbocycles. The summed E-state index contributed by atoms with van der Waals surface area (Å²) in [4.78, 5) is 11.7. The third kappa shape index (κ3) is 4.35. The predicted molar refractivity (Wildman–Crippen MR) is 78.5 cm³/mol. The van der Waals surface area contributed by atoms with Crippen molar-refractivity contribution in [3.8, 4) is 0 Å². The minimum atomic E-state index is -0.286. The highest BCUT2D eigenvalue weighted by molar-refractivity contribution is 5.91. The van der Waals surface area contributed by atoms with E-state index >= 15 is 0 Å². The van der Waals surface area contributed by atoms with Gasteiger partial charge in [-0.3, -0.25) is 4.79 Å². The molecule has 0 atom stereocenters. The van der Waals surface area contributed by atoms with E-state index in [9.17, 15) is 9.18 Å². The molecule has 2 nitrogen and oxygen atoms in total. The zero-order valence-corrected chi connectivity index (χ0v) is 11.3. The monoisotopic (exact) mass is 269 g/mol. The Hall–Kier alpha value is -2.42. The Kier molecular flexibility index (Phi) is 4.66. The van der Waals surface area contributed by atoms with Crippen LogP contribution >= 0.6 is 0 Å². The summed E-state index contributed by atoms with van der Waals surface area (Å²) in [7, 11) is 0. The summed E-state index contributed by atoms with van der Waals surface area (Å²) in [6, 6.07) is 14.0. The molecule has 2 aromatic rings. The van der Waals surface area contributed by atoms with Crippen molar-refractivity contribution in [2.45, 2.75) is 13.5 Å². The molecule has 0 radical (unpaired) electrons. The zero-order chi connectivity index (χ0) is 14.4. The van der Waals surface area contributed by atoms with Crippen LogP contribution in [0.15, 0.2) is 54.6 Å². The van der Waals surface area contributed by atoms with Gasteiger partial charge in [0, 0.05) is 12.6 Å². The van der Waals surface area contributed by atoms with E-state index in [1.807, 2.05) is 31.2 Å². The molecule has 2 rings (SSSR count). The van der Waals surface area contributed by atoms with E-state index in [0.29, 0.717) is 6.54 Å². The van der Waals surface area contributed by atoms with Gasteiger partial charge in [0.25, 0.3) is 0 Å². The molecule has 0 unspecified atom stereocenters. The SMILES string of the molecule is Cc1cccc(CNC(=O)/C=C/c2ccc(F)cc2)c1. The van der Waals surface area contributed by atoms with Gasteiger partial charge in [0.2, 0.25) is 5.91 Å². The second kappa shape index (κ2) is 6.66. The first-order chi connectivity index (χ1) is 9.63. The number of halogens is 1. The molecule has 1 amide bonds. The van der Waals surface area contributed by atoms with Crippen LogP contribution in [-0.2, 0) is 11.3 Å². The summed E-state index contributed by atoms with van der Waals surface area (Å²) >= 11 is 0. The van der Waals surface area contributed by atoms with Crippen molar-refractivity contribution in [3.63, 3.8) is 0 Å². The lowest BCUT2D eigenvalue weighted by atomic mass is 10.1. The molecule has 0 aliphatic rings. The van der Waals surface area contributed by atoms with Crippen LogP contribution in [0.25, 0.3) is 6.08 Å². The standard InChI is InChI=1S/C17H16FNO/c1-13-3-2-4-15(11-13)12-19-17(20)10-7-14-5-8-16(18)9-6-14/h2-11H,12H2,1H3,(H,19,20)/b10-7+. The van der Waals surface area contributed by atoms with E-state index in [-0.39, 0.29) is 11.7 Å². The Morgan fingerprint density at radius 3 is 2.65 bits per heavy atom. The van der Waals surface area contributed by atoms with Crippen molar-refractivity contribution in [3.05, 3.63) is 77.1 Å². The molecule has 1 N–H and O–H groups in total. The number of hydrogen-bond donors (Lipinski definition) is 1. The lowest BCUT2D eigenvalue weighted by Crippen LogP contribution is -2.20. The number of benzene rings is 2. The Morgan fingerprint density at radius 1 is 1.20 bits per heavy atom. The average Bonchev–Trinajstić information content (AvgIpc) is 2.45. The Morgan fingerprint density at radius 2 is 1.95 bits per heavy atom. The van der Waals surface area contributed by atoms with Crippen molar-refractivity contribution < 1.29 is 9.18 Å². The maximum Gasteiger partial charge on any atom is 0.244 e. The van der Waals surface area contributed by atoms with E-state index in [4.69, 9.17) is 0 Å². The van der Waals surface area contributed by atoms with Crippen molar-refractivity contribution in [2.75, 3.05) is 0 Å². The van der Waals surface area contributed by atoms with Crippen LogP contribution in [0.3, 0.4) is 0 Å². The fraction of sp³-hybridized carbons (Fsp3) is 0.118. The molecule has 0 spiro atoms. The number of aryl methyl sites for hydroxylation is 1. The largest absolute Gasteiger partial charge is 0.348 e. The Balaban J connectivity index is 1.88. The predicted octanol–water partition coefficient (Wildman–Crippen LogP) is 3.46. The van der Waals surface area contributed by atoms with Crippen LogP contribution in [0.5, 0.6) is 0 Å². The van der Waals surface area contributed by atoms with Crippen molar-refractivity contribution >= 4 is 12.0 Å².